The van der Waals surface area contributed by atoms with Gasteiger partial charge in [-0.2, -0.15) is 0 Å². The molecule has 166 valence electrons. The molecule has 0 radical (unpaired) electrons. The first-order valence-electron chi connectivity index (χ1n) is 9.71. The van der Waals surface area contributed by atoms with Crippen molar-refractivity contribution in [2.24, 2.45) is 0 Å². The largest absolute Gasteiger partial charge is 0.539 e. The highest BCUT2D eigenvalue weighted by Gasteiger charge is 2.41. The summed E-state index contributed by atoms with van der Waals surface area (Å²) < 4.78 is 40.9. The Labute approximate surface area is 175 Å². The van der Waals surface area contributed by atoms with Crippen molar-refractivity contribution in [2.75, 3.05) is 20.8 Å². The van der Waals surface area contributed by atoms with Crippen LogP contribution in [0, 0.1) is 0 Å². The maximum atomic E-state index is 12.9. The second kappa shape index (κ2) is 10.0. The number of carbonyl (C=O) groups is 1. The minimum Gasteiger partial charge on any atom is -0.539 e. The molecule has 0 aliphatic carbocycles. The molecule has 0 aliphatic heterocycles. The summed E-state index contributed by atoms with van der Waals surface area (Å²) in [6.45, 7) is 14.7. The Kier molecular flexibility index (Phi) is 8.81. The van der Waals surface area contributed by atoms with Gasteiger partial charge in [-0.1, -0.05) is 27.7 Å². The minimum absolute atomic E-state index is 0.0173. The molecule has 0 aromatic heterocycles. The van der Waals surface area contributed by atoms with Gasteiger partial charge in [-0.3, -0.25) is 9.32 Å². The van der Waals surface area contributed by atoms with Gasteiger partial charge in [0, 0.05) is 5.56 Å². The van der Waals surface area contributed by atoms with Crippen LogP contribution < -0.4 is 13.9 Å². The molecule has 0 bridgehead atoms. The fourth-order valence-corrected chi connectivity index (χ4v) is 5.15. The molecule has 0 spiro atoms. The van der Waals surface area contributed by atoms with E-state index in [0.717, 1.165) is 5.56 Å². The second-order valence-electron chi connectivity index (χ2n) is 8.18. The van der Waals surface area contributed by atoms with Crippen LogP contribution >= 0.6 is 7.60 Å². The van der Waals surface area contributed by atoms with Crippen LogP contribution in [0.5, 0.6) is 17.2 Å². The van der Waals surface area contributed by atoms with E-state index in [4.69, 9.17) is 22.9 Å². The first-order chi connectivity index (χ1) is 13.4. The predicted molar refractivity (Wildman–Crippen MR) is 117 cm³/mol. The summed E-state index contributed by atoms with van der Waals surface area (Å²) in [5.41, 5.74) is 1.49. The number of hydrogen-bond acceptors (Lipinski definition) is 7. The predicted octanol–water partition coefficient (Wildman–Crippen LogP) is 5.55. The van der Waals surface area contributed by atoms with Gasteiger partial charge in [0.2, 0.25) is 0 Å². The lowest BCUT2D eigenvalue weighted by atomic mass is 10.0. The quantitative estimate of drug-likeness (QED) is 0.250. The highest BCUT2D eigenvalue weighted by Crippen LogP contribution is 2.54. The van der Waals surface area contributed by atoms with Gasteiger partial charge < -0.3 is 18.4 Å². The van der Waals surface area contributed by atoms with Gasteiger partial charge in [0.1, 0.15) is 0 Å². The molecule has 0 fully saturated rings. The molecule has 1 unspecified atom stereocenters. The van der Waals surface area contributed by atoms with Gasteiger partial charge in [-0.05, 0) is 43.1 Å². The zero-order valence-corrected chi connectivity index (χ0v) is 21.0. The normalized spacial score (nSPS) is 14.1. The van der Waals surface area contributed by atoms with E-state index in [1.165, 1.54) is 0 Å². The second-order valence-corrected chi connectivity index (χ2v) is 14.9. The summed E-state index contributed by atoms with van der Waals surface area (Å²) in [5.74, 6) is 1.57. The fourth-order valence-electron chi connectivity index (χ4n) is 2.69. The van der Waals surface area contributed by atoms with Crippen molar-refractivity contribution in [1.82, 2.24) is 0 Å². The Morgan fingerprint density at radius 1 is 1.10 bits per heavy atom. The highest BCUT2D eigenvalue weighted by molar-refractivity contribution is 7.53. The van der Waals surface area contributed by atoms with E-state index >= 15 is 0 Å². The number of rotatable bonds is 11. The van der Waals surface area contributed by atoms with Crippen molar-refractivity contribution in [1.29, 1.82) is 0 Å². The summed E-state index contributed by atoms with van der Waals surface area (Å²) in [6.07, 6.45) is 0.527. The maximum absolute atomic E-state index is 12.9. The summed E-state index contributed by atoms with van der Waals surface area (Å²) in [6, 6.07) is 1.77. The average Bonchev–Trinajstić information content (AvgIpc) is 2.61. The van der Waals surface area contributed by atoms with Gasteiger partial charge in [0.25, 0.3) is 14.8 Å². The van der Waals surface area contributed by atoms with Crippen LogP contribution in [-0.4, -0.2) is 35.6 Å². The van der Waals surface area contributed by atoms with Crippen molar-refractivity contribution in [3.05, 3.63) is 17.2 Å². The third-order valence-corrected chi connectivity index (χ3v) is 11.3. The van der Waals surface area contributed by atoms with E-state index < -0.39 is 15.9 Å². The van der Waals surface area contributed by atoms with Crippen LogP contribution in [-0.2, 0) is 31.0 Å². The molecule has 1 rings (SSSR count). The minimum atomic E-state index is -3.64. The molecule has 1 aromatic rings. The summed E-state index contributed by atoms with van der Waals surface area (Å²) in [5, 5.41) is -0.0173. The van der Waals surface area contributed by atoms with Crippen LogP contribution in [0.25, 0.3) is 0 Å². The van der Waals surface area contributed by atoms with Gasteiger partial charge in [-0.25, -0.2) is 4.57 Å². The Balaban J connectivity index is 3.61. The Hall–Kier alpha value is -1.50. The molecular weight excluding hydrogens is 411 g/mol. The van der Waals surface area contributed by atoms with Gasteiger partial charge in [0.15, 0.2) is 17.2 Å². The Morgan fingerprint density at radius 2 is 1.72 bits per heavy atom. The van der Waals surface area contributed by atoms with Crippen LogP contribution in [0.3, 0.4) is 0 Å². The van der Waals surface area contributed by atoms with E-state index in [9.17, 15) is 9.36 Å². The van der Waals surface area contributed by atoms with E-state index in [1.807, 2.05) is 6.92 Å². The summed E-state index contributed by atoms with van der Waals surface area (Å²) in [4.78, 5) is 10.9. The molecule has 0 aliphatic rings. The number of benzene rings is 1. The number of ether oxygens (including phenoxy) is 2. The van der Waals surface area contributed by atoms with E-state index in [1.54, 1.807) is 27.2 Å². The zero-order chi connectivity index (χ0) is 22.5. The lowest BCUT2D eigenvalue weighted by Crippen LogP contribution is -2.44. The van der Waals surface area contributed by atoms with Crippen molar-refractivity contribution in [3.63, 3.8) is 0 Å². The third kappa shape index (κ3) is 6.00. The standard InChI is InChI=1S/C20H35O7PSi/c1-10-16-15(13-28(22,25-11-2)26-14-21)12-17(23-6)19(18(16)24-7)27-29(8,9)20(3,4)5/h12,14H,10-11,13H2,1-9H3. The summed E-state index contributed by atoms with van der Waals surface area (Å²) >= 11 is 0. The third-order valence-electron chi connectivity index (χ3n) is 5.23. The van der Waals surface area contributed by atoms with Gasteiger partial charge in [0.05, 0.1) is 27.0 Å². The molecule has 1 aromatic carbocycles. The van der Waals surface area contributed by atoms with Crippen molar-refractivity contribution in [2.45, 2.75) is 65.3 Å². The monoisotopic (exact) mass is 446 g/mol. The van der Waals surface area contributed by atoms with Gasteiger partial charge in [-0.15, -0.1) is 0 Å². The first-order valence-corrected chi connectivity index (χ1v) is 14.3. The maximum Gasteiger partial charge on any atom is 0.385 e. The van der Waals surface area contributed by atoms with Crippen molar-refractivity contribution < 1.29 is 32.3 Å². The molecule has 0 heterocycles. The van der Waals surface area contributed by atoms with E-state index in [0.29, 0.717) is 29.2 Å². The zero-order valence-electron chi connectivity index (χ0n) is 19.1. The molecule has 9 heteroatoms. The molecule has 29 heavy (non-hydrogen) atoms. The van der Waals surface area contributed by atoms with Crippen LogP contribution in [0.2, 0.25) is 18.1 Å². The lowest BCUT2D eigenvalue weighted by molar-refractivity contribution is -0.121. The number of carbonyl (C=O) groups excluding carboxylic acids is 1. The van der Waals surface area contributed by atoms with Crippen LogP contribution in [0.15, 0.2) is 6.07 Å². The van der Waals surface area contributed by atoms with E-state index in [2.05, 4.69) is 33.9 Å². The highest BCUT2D eigenvalue weighted by atomic mass is 31.2. The molecule has 0 N–H and O–H groups in total. The molecular formula is C20H35O7PSi. The number of methoxy groups -OCH3 is 2. The molecule has 0 saturated carbocycles. The molecule has 0 saturated heterocycles. The number of hydrogen-bond donors (Lipinski definition) is 0. The Bertz CT molecular complexity index is 756. The fraction of sp³-hybridized carbons (Fsp3) is 0.650. The van der Waals surface area contributed by atoms with E-state index in [-0.39, 0.29) is 24.3 Å². The van der Waals surface area contributed by atoms with Crippen molar-refractivity contribution >= 4 is 22.4 Å². The SMILES string of the molecule is CCOP(=O)(Cc1cc(OC)c(O[Si](C)(C)C(C)(C)C)c(OC)c1CC)OC=O. The van der Waals surface area contributed by atoms with Crippen molar-refractivity contribution in [3.8, 4) is 17.2 Å². The van der Waals surface area contributed by atoms with Crippen LogP contribution in [0.4, 0.5) is 0 Å². The topological polar surface area (TPSA) is 80.3 Å². The smallest absolute Gasteiger partial charge is 0.385 e. The molecule has 0 amide bonds. The van der Waals surface area contributed by atoms with Gasteiger partial charge >= 0.3 is 7.60 Å². The summed E-state index contributed by atoms with van der Waals surface area (Å²) in [7, 11) is -2.69. The molecule has 1 atom stereocenters. The molecule has 7 nitrogen and oxygen atoms in total. The Morgan fingerprint density at radius 3 is 2.14 bits per heavy atom. The lowest BCUT2D eigenvalue weighted by Gasteiger charge is -2.37. The van der Waals surface area contributed by atoms with Crippen LogP contribution in [0.1, 0.15) is 45.7 Å². The average molecular weight is 447 g/mol. The first kappa shape index (κ1) is 25.5.